The number of thiocarbonyl (C=S) groups is 1. The van der Waals surface area contributed by atoms with Gasteiger partial charge >= 0.3 is 12.4 Å². The van der Waals surface area contributed by atoms with Gasteiger partial charge in [-0.05, 0) is 91.5 Å². The molecule has 3 saturated heterocycles. The first-order chi connectivity index (χ1) is 19.4. The number of nitrogens with zero attached hydrogens (tertiary/aromatic N) is 2. The van der Waals surface area contributed by atoms with Gasteiger partial charge in [0.25, 0.3) is 0 Å². The molecule has 0 amide bonds. The highest BCUT2D eigenvalue weighted by Gasteiger charge is 2.43. The van der Waals surface area contributed by atoms with Crippen molar-refractivity contribution in [3.05, 3.63) is 65.4 Å². The second kappa shape index (κ2) is 11.3. The molecule has 3 aliphatic heterocycles. The number of benzene rings is 2. The lowest BCUT2D eigenvalue weighted by Gasteiger charge is -2.52. The minimum absolute atomic E-state index is 0.000321. The van der Waals surface area contributed by atoms with E-state index in [1.165, 1.54) is 0 Å². The van der Waals surface area contributed by atoms with E-state index in [1.54, 1.807) is 19.4 Å². The minimum Gasteiger partial charge on any atom is -0.497 e. The van der Waals surface area contributed by atoms with Crippen LogP contribution in [0.4, 0.5) is 32.0 Å². The van der Waals surface area contributed by atoms with Crippen molar-refractivity contribution >= 4 is 33.9 Å². The molecule has 4 heterocycles. The number of halogens is 6. The van der Waals surface area contributed by atoms with E-state index in [2.05, 4.69) is 27.4 Å². The van der Waals surface area contributed by atoms with Crippen LogP contribution in [0.1, 0.15) is 48.9 Å². The third-order valence-electron chi connectivity index (χ3n) is 8.29. The number of hydrogen-bond donors (Lipinski definition) is 2. The topological polar surface area (TPSA) is 49.4 Å². The van der Waals surface area contributed by atoms with Gasteiger partial charge < -0.3 is 15.4 Å². The normalized spacial score (nSPS) is 23.3. The first kappa shape index (κ1) is 29.4. The van der Waals surface area contributed by atoms with E-state index < -0.39 is 35.2 Å². The Morgan fingerprint density at radius 2 is 1.78 bits per heavy atom. The summed E-state index contributed by atoms with van der Waals surface area (Å²) in [5.41, 5.74) is -1.64. The number of pyridine rings is 1. The number of hydrogen-bond acceptors (Lipinski definition) is 4. The van der Waals surface area contributed by atoms with Crippen LogP contribution >= 0.6 is 12.2 Å². The third-order valence-corrected chi connectivity index (χ3v) is 8.51. The molecular formula is C29H30F6N4OS. The van der Waals surface area contributed by atoms with Crippen LogP contribution in [0.25, 0.3) is 10.9 Å². The molecule has 2 N–H and O–H groups in total. The molecule has 3 aromatic rings. The number of ether oxygens (including phenoxy) is 1. The summed E-state index contributed by atoms with van der Waals surface area (Å²) < 4.78 is 86.1. The fourth-order valence-electron chi connectivity index (χ4n) is 6.25. The Morgan fingerprint density at radius 3 is 2.37 bits per heavy atom. The van der Waals surface area contributed by atoms with Gasteiger partial charge in [-0.25, -0.2) is 0 Å². The summed E-state index contributed by atoms with van der Waals surface area (Å²) in [5, 5.41) is 6.61. The van der Waals surface area contributed by atoms with Crippen molar-refractivity contribution in [2.24, 2.45) is 11.8 Å². The Labute approximate surface area is 239 Å². The molecule has 3 fully saturated rings. The van der Waals surface area contributed by atoms with Gasteiger partial charge in [0, 0.05) is 29.9 Å². The molecule has 2 bridgehead atoms. The van der Waals surface area contributed by atoms with Crippen LogP contribution in [0.2, 0.25) is 0 Å². The molecular weight excluding hydrogens is 566 g/mol. The summed E-state index contributed by atoms with van der Waals surface area (Å²) in [6.07, 6.45) is -5.21. The molecule has 5 nitrogen and oxygen atoms in total. The predicted molar refractivity (Wildman–Crippen MR) is 149 cm³/mol. The molecule has 1 aromatic heterocycles. The minimum atomic E-state index is -4.96. The summed E-state index contributed by atoms with van der Waals surface area (Å²) in [6.45, 7) is 4.00. The smallest absolute Gasteiger partial charge is 0.416 e. The van der Waals surface area contributed by atoms with Crippen LogP contribution in [-0.2, 0) is 12.4 Å². The van der Waals surface area contributed by atoms with Crippen LogP contribution in [0.15, 0.2) is 48.7 Å². The van der Waals surface area contributed by atoms with Gasteiger partial charge in [0.05, 0.1) is 29.8 Å². The second-order valence-electron chi connectivity index (χ2n) is 10.7. The van der Waals surface area contributed by atoms with Gasteiger partial charge in [0.1, 0.15) is 5.75 Å². The second-order valence-corrected chi connectivity index (χ2v) is 11.1. The maximum atomic E-state index is 13.4. The average molecular weight is 597 g/mol. The van der Waals surface area contributed by atoms with E-state index in [0.717, 1.165) is 48.8 Å². The first-order valence-corrected chi connectivity index (χ1v) is 13.8. The molecule has 5 atom stereocenters. The SMILES string of the molecule is CC[C@@H]1CN2CC[C@@H]1C[C@H]2[C@@H](NC(=S)Nc1cc(C(F)(F)F)cc(C(F)(F)F)c1)c1ccnc2ccc(OC)cc12. The summed E-state index contributed by atoms with van der Waals surface area (Å²) in [4.78, 5) is 6.88. The highest BCUT2D eigenvalue weighted by molar-refractivity contribution is 7.80. The fourth-order valence-corrected chi connectivity index (χ4v) is 6.50. The molecule has 0 aliphatic carbocycles. The number of methoxy groups -OCH3 is 1. The zero-order chi connectivity index (χ0) is 29.5. The van der Waals surface area contributed by atoms with Crippen molar-refractivity contribution in [3.63, 3.8) is 0 Å². The van der Waals surface area contributed by atoms with Crippen LogP contribution < -0.4 is 15.4 Å². The van der Waals surface area contributed by atoms with Crippen molar-refractivity contribution < 1.29 is 31.1 Å². The maximum Gasteiger partial charge on any atom is 0.416 e. The van der Waals surface area contributed by atoms with Crippen molar-refractivity contribution in [2.75, 3.05) is 25.5 Å². The van der Waals surface area contributed by atoms with Crippen molar-refractivity contribution in [1.82, 2.24) is 15.2 Å². The molecule has 12 heteroatoms. The Bertz CT molecular complexity index is 1400. The molecule has 0 radical (unpaired) electrons. The highest BCUT2D eigenvalue weighted by atomic mass is 32.1. The van der Waals surface area contributed by atoms with Gasteiger partial charge in [-0.2, -0.15) is 26.3 Å². The average Bonchev–Trinajstić information content (AvgIpc) is 2.94. The van der Waals surface area contributed by atoms with Crippen LogP contribution in [0.5, 0.6) is 5.75 Å². The van der Waals surface area contributed by atoms with Crippen molar-refractivity contribution in [2.45, 2.75) is 50.6 Å². The van der Waals surface area contributed by atoms with Gasteiger partial charge in [-0.3, -0.25) is 9.88 Å². The third kappa shape index (κ3) is 6.23. The highest BCUT2D eigenvalue weighted by Crippen LogP contribution is 2.43. The van der Waals surface area contributed by atoms with Crippen LogP contribution in [0, 0.1) is 11.8 Å². The summed E-state index contributed by atoms with van der Waals surface area (Å²) >= 11 is 5.51. The molecule has 2 aromatic carbocycles. The zero-order valence-corrected chi connectivity index (χ0v) is 23.3. The van der Waals surface area contributed by atoms with E-state index in [1.807, 2.05) is 18.2 Å². The van der Waals surface area contributed by atoms with Gasteiger partial charge in [0.2, 0.25) is 0 Å². The summed E-state index contributed by atoms with van der Waals surface area (Å²) in [7, 11) is 1.56. The Balaban J connectivity index is 1.51. The van der Waals surface area contributed by atoms with Crippen LogP contribution in [-0.4, -0.2) is 41.2 Å². The summed E-state index contributed by atoms with van der Waals surface area (Å²) in [5.74, 6) is 1.72. The van der Waals surface area contributed by atoms with Gasteiger partial charge in [0.15, 0.2) is 5.11 Å². The predicted octanol–water partition coefficient (Wildman–Crippen LogP) is 7.43. The van der Waals surface area contributed by atoms with E-state index >= 15 is 0 Å². The van der Waals surface area contributed by atoms with Gasteiger partial charge in [-0.15, -0.1) is 0 Å². The number of anilines is 1. The number of nitrogens with one attached hydrogen (secondary N) is 2. The molecule has 41 heavy (non-hydrogen) atoms. The molecule has 6 rings (SSSR count). The first-order valence-electron chi connectivity index (χ1n) is 13.4. The quantitative estimate of drug-likeness (QED) is 0.228. The largest absolute Gasteiger partial charge is 0.497 e. The standard InChI is InChI=1S/C29H30F6N4OS/c1-3-16-15-39-9-7-17(16)10-25(39)26(22-6-8-36-24-5-4-21(40-2)14-23(22)24)38-27(41)37-20-12-18(28(30,31)32)11-19(13-20)29(33,34)35/h4-6,8,11-14,16-17,25-26H,3,7,9-10,15H2,1-2H3,(H2,37,38,41)/t16-,17-,25+,26+/m1/s1. The monoisotopic (exact) mass is 596 g/mol. The van der Waals surface area contributed by atoms with Crippen molar-refractivity contribution in [1.29, 1.82) is 0 Å². The molecule has 3 aliphatic rings. The van der Waals surface area contributed by atoms with Crippen LogP contribution in [0.3, 0.4) is 0 Å². The lowest BCUT2D eigenvalue weighted by molar-refractivity contribution is -0.143. The van der Waals surface area contributed by atoms with Gasteiger partial charge in [-0.1, -0.05) is 13.3 Å². The Morgan fingerprint density at radius 1 is 1.07 bits per heavy atom. The van der Waals surface area contributed by atoms with E-state index in [9.17, 15) is 26.3 Å². The van der Waals surface area contributed by atoms with E-state index in [4.69, 9.17) is 17.0 Å². The van der Waals surface area contributed by atoms with E-state index in [-0.39, 0.29) is 17.2 Å². The Kier molecular flexibility index (Phi) is 8.08. The molecule has 0 spiro atoms. The number of rotatable bonds is 6. The maximum absolute atomic E-state index is 13.4. The zero-order valence-electron chi connectivity index (χ0n) is 22.4. The number of fused-ring (bicyclic) bond motifs is 4. The molecule has 0 saturated carbocycles. The van der Waals surface area contributed by atoms with Crippen molar-refractivity contribution in [3.8, 4) is 5.75 Å². The fraction of sp³-hybridized carbons (Fsp3) is 0.448. The number of piperidine rings is 3. The Hall–Kier alpha value is -3.12. The number of aromatic nitrogens is 1. The molecule has 220 valence electrons. The summed E-state index contributed by atoms with van der Waals surface area (Å²) in [6, 6.07) is 8.32. The van der Waals surface area contributed by atoms with E-state index in [0.29, 0.717) is 29.7 Å². The number of alkyl halides is 6. The lowest BCUT2D eigenvalue weighted by atomic mass is 9.72. The molecule has 1 unspecified atom stereocenters. The lowest BCUT2D eigenvalue weighted by Crippen LogP contribution is -2.58.